The number of fused-ring (bicyclic) bond motifs is 1. The standard InChI is InChI=1S/C12H12N6S/c1-2-8(1)11-16-12(19-17-11)14-7-9-3-5-13-10-4-6-15-18(9)10/h3-6,8H,1-2,7H2,(H,14,16,17). The fourth-order valence-corrected chi connectivity index (χ4v) is 2.64. The highest BCUT2D eigenvalue weighted by Gasteiger charge is 2.27. The molecule has 4 rings (SSSR count). The Kier molecular flexibility index (Phi) is 2.44. The van der Waals surface area contributed by atoms with Crippen molar-refractivity contribution >= 4 is 22.3 Å². The molecule has 0 atom stereocenters. The Labute approximate surface area is 113 Å². The second-order valence-electron chi connectivity index (χ2n) is 4.62. The molecule has 6 nitrogen and oxygen atoms in total. The highest BCUT2D eigenvalue weighted by molar-refractivity contribution is 7.09. The first-order valence-corrected chi connectivity index (χ1v) is 7.02. The van der Waals surface area contributed by atoms with Gasteiger partial charge in [0.2, 0.25) is 5.13 Å². The molecule has 0 saturated heterocycles. The van der Waals surface area contributed by atoms with Crippen molar-refractivity contribution in [2.75, 3.05) is 5.32 Å². The molecule has 19 heavy (non-hydrogen) atoms. The topological polar surface area (TPSA) is 68.0 Å². The minimum Gasteiger partial charge on any atom is -0.355 e. The highest BCUT2D eigenvalue weighted by Crippen LogP contribution is 2.39. The molecule has 1 aliphatic carbocycles. The van der Waals surface area contributed by atoms with Crippen molar-refractivity contribution in [3.63, 3.8) is 0 Å². The van der Waals surface area contributed by atoms with Crippen LogP contribution in [0.15, 0.2) is 24.5 Å². The predicted octanol–water partition coefficient (Wildman–Crippen LogP) is 2.07. The van der Waals surface area contributed by atoms with Crippen molar-refractivity contribution in [1.82, 2.24) is 24.0 Å². The Morgan fingerprint density at radius 2 is 2.26 bits per heavy atom. The van der Waals surface area contributed by atoms with Crippen LogP contribution in [0.3, 0.4) is 0 Å². The lowest BCUT2D eigenvalue weighted by molar-refractivity contribution is 0.852. The van der Waals surface area contributed by atoms with Gasteiger partial charge in [0.15, 0.2) is 5.65 Å². The summed E-state index contributed by atoms with van der Waals surface area (Å²) in [5.74, 6) is 1.59. The largest absolute Gasteiger partial charge is 0.355 e. The van der Waals surface area contributed by atoms with Crippen molar-refractivity contribution < 1.29 is 0 Å². The van der Waals surface area contributed by atoms with E-state index in [0.717, 1.165) is 22.3 Å². The summed E-state index contributed by atoms with van der Waals surface area (Å²) in [5, 5.41) is 8.43. The van der Waals surface area contributed by atoms with E-state index in [0.29, 0.717) is 12.5 Å². The molecule has 0 spiro atoms. The zero-order chi connectivity index (χ0) is 12.7. The number of anilines is 1. The van der Waals surface area contributed by atoms with E-state index in [9.17, 15) is 0 Å². The Morgan fingerprint density at radius 1 is 1.32 bits per heavy atom. The van der Waals surface area contributed by atoms with E-state index in [1.807, 2.05) is 16.6 Å². The van der Waals surface area contributed by atoms with Gasteiger partial charge in [-0.1, -0.05) is 0 Å². The average molecular weight is 272 g/mol. The van der Waals surface area contributed by atoms with Crippen LogP contribution in [0.4, 0.5) is 5.13 Å². The quantitative estimate of drug-likeness (QED) is 0.787. The number of rotatable bonds is 4. The van der Waals surface area contributed by atoms with Crippen LogP contribution in [-0.4, -0.2) is 24.0 Å². The number of hydrogen-bond acceptors (Lipinski definition) is 6. The summed E-state index contributed by atoms with van der Waals surface area (Å²) in [5.41, 5.74) is 1.91. The summed E-state index contributed by atoms with van der Waals surface area (Å²) < 4.78 is 6.21. The van der Waals surface area contributed by atoms with Gasteiger partial charge in [0.05, 0.1) is 18.4 Å². The molecule has 0 bridgehead atoms. The SMILES string of the molecule is c1cc(CNc2nc(C3CC3)ns2)n2nccc2n1. The molecular weight excluding hydrogens is 260 g/mol. The number of hydrogen-bond donors (Lipinski definition) is 1. The van der Waals surface area contributed by atoms with Gasteiger partial charge in [-0.2, -0.15) is 9.47 Å². The summed E-state index contributed by atoms with van der Waals surface area (Å²) in [4.78, 5) is 8.75. The van der Waals surface area contributed by atoms with E-state index in [1.54, 1.807) is 12.4 Å². The number of nitrogens with zero attached hydrogens (tertiary/aromatic N) is 5. The molecule has 1 saturated carbocycles. The Hall–Kier alpha value is -2.02. The first-order valence-electron chi connectivity index (χ1n) is 6.25. The number of nitrogens with one attached hydrogen (secondary N) is 1. The fourth-order valence-electron chi connectivity index (χ4n) is 2.00. The second-order valence-corrected chi connectivity index (χ2v) is 5.37. The smallest absolute Gasteiger partial charge is 0.202 e. The maximum atomic E-state index is 4.51. The van der Waals surface area contributed by atoms with Crippen molar-refractivity contribution in [3.05, 3.63) is 36.0 Å². The molecule has 0 amide bonds. The van der Waals surface area contributed by atoms with Gasteiger partial charge in [0.25, 0.3) is 0 Å². The molecule has 0 aliphatic heterocycles. The zero-order valence-electron chi connectivity index (χ0n) is 10.2. The molecular formula is C12H12N6S. The third-order valence-corrected chi connectivity index (χ3v) is 3.86. The van der Waals surface area contributed by atoms with E-state index < -0.39 is 0 Å². The van der Waals surface area contributed by atoms with Crippen LogP contribution in [0.25, 0.3) is 5.65 Å². The monoisotopic (exact) mass is 272 g/mol. The highest BCUT2D eigenvalue weighted by atomic mass is 32.1. The summed E-state index contributed by atoms with van der Waals surface area (Å²) in [6, 6.07) is 3.84. The van der Waals surface area contributed by atoms with Crippen LogP contribution in [0.5, 0.6) is 0 Å². The lowest BCUT2D eigenvalue weighted by Crippen LogP contribution is -2.06. The van der Waals surface area contributed by atoms with Gasteiger partial charge in [-0.15, -0.1) is 0 Å². The average Bonchev–Trinajstić information content (AvgIpc) is 3.00. The van der Waals surface area contributed by atoms with Gasteiger partial charge < -0.3 is 5.32 Å². The molecule has 0 unspecified atom stereocenters. The van der Waals surface area contributed by atoms with Crippen LogP contribution >= 0.6 is 11.5 Å². The normalized spacial score (nSPS) is 14.9. The maximum absolute atomic E-state index is 4.51. The molecule has 7 heteroatoms. The molecule has 96 valence electrons. The number of aromatic nitrogens is 5. The lowest BCUT2D eigenvalue weighted by atomic mass is 10.4. The van der Waals surface area contributed by atoms with Gasteiger partial charge in [0.1, 0.15) is 5.82 Å². The van der Waals surface area contributed by atoms with Crippen LogP contribution in [0, 0.1) is 0 Å². The molecule has 3 aromatic heterocycles. The maximum Gasteiger partial charge on any atom is 0.202 e. The zero-order valence-corrected chi connectivity index (χ0v) is 11.0. The van der Waals surface area contributed by atoms with Crippen molar-refractivity contribution in [1.29, 1.82) is 0 Å². The van der Waals surface area contributed by atoms with E-state index in [2.05, 4.69) is 24.8 Å². The van der Waals surface area contributed by atoms with Gasteiger partial charge >= 0.3 is 0 Å². The fraction of sp³-hybridized carbons (Fsp3) is 0.333. The summed E-state index contributed by atoms with van der Waals surface area (Å²) in [6.45, 7) is 0.667. The minimum absolute atomic E-state index is 0.602. The third kappa shape index (κ3) is 2.06. The third-order valence-electron chi connectivity index (χ3n) is 3.17. The Bertz CT molecular complexity index is 714. The predicted molar refractivity (Wildman–Crippen MR) is 72.2 cm³/mol. The Balaban J connectivity index is 1.52. The molecule has 0 radical (unpaired) electrons. The van der Waals surface area contributed by atoms with Crippen LogP contribution in [-0.2, 0) is 6.54 Å². The van der Waals surface area contributed by atoms with Crippen molar-refractivity contribution in [2.24, 2.45) is 0 Å². The van der Waals surface area contributed by atoms with E-state index in [-0.39, 0.29) is 0 Å². The van der Waals surface area contributed by atoms with Gasteiger partial charge in [-0.05, 0) is 18.9 Å². The Morgan fingerprint density at radius 3 is 3.16 bits per heavy atom. The van der Waals surface area contributed by atoms with E-state index in [1.165, 1.54) is 24.4 Å². The first kappa shape index (κ1) is 10.9. The van der Waals surface area contributed by atoms with Crippen molar-refractivity contribution in [3.8, 4) is 0 Å². The summed E-state index contributed by atoms with van der Waals surface area (Å²) in [6.07, 6.45) is 6.01. The molecule has 1 fully saturated rings. The first-order chi connectivity index (χ1) is 9.40. The summed E-state index contributed by atoms with van der Waals surface area (Å²) in [7, 11) is 0. The molecule has 1 aliphatic rings. The second kappa shape index (κ2) is 4.27. The molecule has 3 aromatic rings. The van der Waals surface area contributed by atoms with Gasteiger partial charge in [0, 0.05) is 29.7 Å². The van der Waals surface area contributed by atoms with Crippen LogP contribution in [0.1, 0.15) is 30.3 Å². The minimum atomic E-state index is 0.602. The molecule has 0 aromatic carbocycles. The van der Waals surface area contributed by atoms with Gasteiger partial charge in [-0.25, -0.2) is 14.5 Å². The van der Waals surface area contributed by atoms with Crippen LogP contribution < -0.4 is 5.32 Å². The van der Waals surface area contributed by atoms with Crippen molar-refractivity contribution in [2.45, 2.75) is 25.3 Å². The van der Waals surface area contributed by atoms with Gasteiger partial charge in [-0.3, -0.25) is 0 Å². The molecule has 3 heterocycles. The van der Waals surface area contributed by atoms with E-state index >= 15 is 0 Å². The lowest BCUT2D eigenvalue weighted by Gasteiger charge is -2.04. The molecule has 1 N–H and O–H groups in total. The summed E-state index contributed by atoms with van der Waals surface area (Å²) >= 11 is 1.43. The van der Waals surface area contributed by atoms with E-state index in [4.69, 9.17) is 0 Å². The van der Waals surface area contributed by atoms with Crippen LogP contribution in [0.2, 0.25) is 0 Å².